The summed E-state index contributed by atoms with van der Waals surface area (Å²) in [5, 5.41) is 20.4. The van der Waals surface area contributed by atoms with Gasteiger partial charge in [0.25, 0.3) is 0 Å². The van der Waals surface area contributed by atoms with Crippen LogP contribution in [0, 0.1) is 34.0 Å². The summed E-state index contributed by atoms with van der Waals surface area (Å²) < 4.78 is 10.7. The Morgan fingerprint density at radius 1 is 1.21 bits per heavy atom. The highest BCUT2D eigenvalue weighted by Crippen LogP contribution is 2.53. The van der Waals surface area contributed by atoms with E-state index in [-0.39, 0.29) is 43.2 Å². The molecule has 0 aromatic heterocycles. The van der Waals surface area contributed by atoms with Gasteiger partial charge in [-0.1, -0.05) is 12.2 Å². The average Bonchev–Trinajstić information content (AvgIpc) is 3.15. The van der Waals surface area contributed by atoms with E-state index < -0.39 is 23.1 Å². The van der Waals surface area contributed by atoms with Crippen LogP contribution in [0.2, 0.25) is 0 Å². The molecule has 0 spiro atoms. The number of ketones is 1. The molecule has 0 radical (unpaired) electrons. The fourth-order valence-electron chi connectivity index (χ4n) is 5.41. The minimum Gasteiger partial charge on any atom is -0.461 e. The lowest BCUT2D eigenvalue weighted by atomic mass is 9.70. The van der Waals surface area contributed by atoms with Gasteiger partial charge in [0.05, 0.1) is 18.2 Å². The van der Waals surface area contributed by atoms with E-state index in [2.05, 4.69) is 12.1 Å². The van der Waals surface area contributed by atoms with E-state index in [0.717, 1.165) is 12.0 Å². The second kappa shape index (κ2) is 7.88. The predicted molar refractivity (Wildman–Crippen MR) is 116 cm³/mol. The Balaban J connectivity index is 1.81. The molecule has 1 fully saturated rings. The molecule has 0 N–H and O–H groups in total. The van der Waals surface area contributed by atoms with Crippen molar-refractivity contribution in [2.24, 2.45) is 11.3 Å². The first-order valence-corrected chi connectivity index (χ1v) is 11.2. The largest absolute Gasteiger partial charge is 0.461 e. The lowest BCUT2D eigenvalue weighted by Gasteiger charge is -2.41. The Bertz CT molecular complexity index is 1090. The van der Waals surface area contributed by atoms with Gasteiger partial charge in [-0.2, -0.15) is 10.5 Å². The van der Waals surface area contributed by atoms with Gasteiger partial charge >= 0.3 is 12.1 Å². The zero-order chi connectivity index (χ0) is 24.1. The molecule has 2 bridgehead atoms. The SMILES string of the molecule is CC(=O)OCC1=C2CC(C#N)(C#N)C3=CC4CC[C@@H]([C@@H]3C=C2CC1=O)N4C(=O)OC(C)(C)C. The van der Waals surface area contributed by atoms with Crippen LogP contribution >= 0.6 is 0 Å². The molecular weight excluding hydrogens is 422 g/mol. The van der Waals surface area contributed by atoms with Gasteiger partial charge in [0, 0.05) is 37.3 Å². The summed E-state index contributed by atoms with van der Waals surface area (Å²) in [6, 6.07) is 3.93. The molecule has 1 amide bonds. The third-order valence-corrected chi connectivity index (χ3v) is 6.78. The average molecular weight is 450 g/mol. The molecule has 4 aliphatic rings. The van der Waals surface area contributed by atoms with Crippen molar-refractivity contribution in [3.63, 3.8) is 0 Å². The number of nitriles is 2. The molecule has 1 unspecified atom stereocenters. The number of nitrogens with zero attached hydrogens (tertiary/aromatic N) is 3. The maximum absolute atomic E-state index is 13.0. The molecule has 8 nitrogen and oxygen atoms in total. The second-order valence-corrected chi connectivity index (χ2v) is 10.1. The molecule has 0 aromatic rings. The van der Waals surface area contributed by atoms with Gasteiger partial charge in [-0.15, -0.1) is 0 Å². The molecule has 0 saturated carbocycles. The van der Waals surface area contributed by atoms with Crippen molar-refractivity contribution in [2.45, 2.75) is 71.1 Å². The van der Waals surface area contributed by atoms with Crippen molar-refractivity contribution in [1.29, 1.82) is 10.5 Å². The molecule has 4 rings (SSSR count). The fourth-order valence-corrected chi connectivity index (χ4v) is 5.41. The summed E-state index contributed by atoms with van der Waals surface area (Å²) in [6.45, 7) is 6.54. The molecule has 8 heteroatoms. The van der Waals surface area contributed by atoms with E-state index >= 15 is 0 Å². The lowest BCUT2D eigenvalue weighted by molar-refractivity contribution is -0.140. The van der Waals surface area contributed by atoms with Crippen LogP contribution in [-0.2, 0) is 19.1 Å². The van der Waals surface area contributed by atoms with Crippen LogP contribution in [0.4, 0.5) is 4.79 Å². The van der Waals surface area contributed by atoms with Gasteiger partial charge in [-0.25, -0.2) is 4.79 Å². The van der Waals surface area contributed by atoms with Gasteiger partial charge < -0.3 is 9.47 Å². The number of carbonyl (C=O) groups excluding carboxylic acids is 3. The molecule has 2 aliphatic heterocycles. The highest BCUT2D eigenvalue weighted by molar-refractivity contribution is 6.03. The van der Waals surface area contributed by atoms with Crippen LogP contribution in [0.1, 0.15) is 53.4 Å². The van der Waals surface area contributed by atoms with Crippen molar-refractivity contribution >= 4 is 17.8 Å². The third kappa shape index (κ3) is 3.84. The number of esters is 1. The first kappa shape index (κ1) is 22.8. The van der Waals surface area contributed by atoms with Crippen LogP contribution in [-0.4, -0.2) is 47.0 Å². The van der Waals surface area contributed by atoms with Crippen LogP contribution in [0.3, 0.4) is 0 Å². The highest BCUT2D eigenvalue weighted by atomic mass is 16.6. The Morgan fingerprint density at radius 2 is 1.91 bits per heavy atom. The summed E-state index contributed by atoms with van der Waals surface area (Å²) in [5.74, 6) is -1.04. The summed E-state index contributed by atoms with van der Waals surface area (Å²) in [7, 11) is 0. The van der Waals surface area contributed by atoms with Gasteiger partial charge in [0.15, 0.2) is 11.2 Å². The van der Waals surface area contributed by atoms with Crippen LogP contribution in [0.25, 0.3) is 0 Å². The highest BCUT2D eigenvalue weighted by Gasteiger charge is 2.54. The Kier molecular flexibility index (Phi) is 5.44. The number of hydrogen-bond acceptors (Lipinski definition) is 7. The summed E-state index contributed by atoms with van der Waals surface area (Å²) in [5.41, 5.74) is 0.281. The van der Waals surface area contributed by atoms with Crippen molar-refractivity contribution in [1.82, 2.24) is 4.90 Å². The minimum absolute atomic E-state index is 0.0579. The molecule has 3 atom stereocenters. The maximum atomic E-state index is 13.0. The normalized spacial score (nSPS) is 27.4. The molecule has 2 heterocycles. The summed E-state index contributed by atoms with van der Waals surface area (Å²) >= 11 is 0. The number of rotatable bonds is 2. The molecular formula is C25H27N3O5. The first-order chi connectivity index (χ1) is 15.5. The number of allylic oxidation sites excluding steroid dienone is 2. The number of carbonyl (C=O) groups is 3. The topological polar surface area (TPSA) is 120 Å². The molecule has 2 aliphatic carbocycles. The number of ether oxygens (including phenoxy) is 2. The van der Waals surface area contributed by atoms with Crippen molar-refractivity contribution in [3.8, 4) is 12.1 Å². The standard InChI is InChI=1S/C25H27N3O5/c1-14(29)32-11-19-18-10-25(12-26,13-27)20-9-16-5-6-21(17(20)7-15(18)8-22(19)30)28(16)23(31)33-24(2,3)4/h7,9,16-17,21H,5-6,8,10-11H2,1-4H3/t16?,17-,21+/m1/s1. The van der Waals surface area contributed by atoms with E-state index in [9.17, 15) is 24.9 Å². The van der Waals surface area contributed by atoms with Crippen LogP contribution in [0.5, 0.6) is 0 Å². The second-order valence-electron chi connectivity index (χ2n) is 10.1. The smallest absolute Gasteiger partial charge is 0.411 e. The lowest BCUT2D eigenvalue weighted by Crippen LogP contribution is -2.50. The minimum atomic E-state index is -1.47. The number of hydrogen-bond donors (Lipinski definition) is 0. The molecule has 172 valence electrons. The zero-order valence-electron chi connectivity index (χ0n) is 19.3. The Morgan fingerprint density at radius 3 is 2.52 bits per heavy atom. The van der Waals surface area contributed by atoms with Gasteiger partial charge in [-0.3, -0.25) is 14.5 Å². The van der Waals surface area contributed by atoms with Gasteiger partial charge in [-0.05, 0) is 50.3 Å². The molecule has 1 saturated heterocycles. The van der Waals surface area contributed by atoms with Crippen molar-refractivity contribution < 1.29 is 23.9 Å². The Labute approximate surface area is 193 Å². The Hall–Kier alpha value is -3.39. The van der Waals surface area contributed by atoms with E-state index in [0.29, 0.717) is 23.1 Å². The van der Waals surface area contributed by atoms with Crippen LogP contribution in [0.15, 0.2) is 34.4 Å². The zero-order valence-corrected chi connectivity index (χ0v) is 19.3. The predicted octanol–water partition coefficient (Wildman–Crippen LogP) is 3.51. The fraction of sp³-hybridized carbons (Fsp3) is 0.560. The third-order valence-electron chi connectivity index (χ3n) is 6.78. The monoisotopic (exact) mass is 449 g/mol. The number of fused-ring (bicyclic) bond motifs is 5. The van der Waals surface area contributed by atoms with E-state index in [1.54, 1.807) is 4.90 Å². The maximum Gasteiger partial charge on any atom is 0.411 e. The summed E-state index contributed by atoms with van der Waals surface area (Å²) in [6.07, 6.45) is 5.03. The van der Waals surface area contributed by atoms with E-state index in [1.807, 2.05) is 32.9 Å². The quantitative estimate of drug-likeness (QED) is 0.467. The molecule has 33 heavy (non-hydrogen) atoms. The van der Waals surface area contributed by atoms with Crippen molar-refractivity contribution in [2.75, 3.05) is 6.61 Å². The summed E-state index contributed by atoms with van der Waals surface area (Å²) in [4.78, 5) is 38.8. The van der Waals surface area contributed by atoms with Gasteiger partial charge in [0.2, 0.25) is 0 Å². The van der Waals surface area contributed by atoms with Crippen LogP contribution < -0.4 is 0 Å². The van der Waals surface area contributed by atoms with E-state index in [1.165, 1.54) is 6.92 Å². The van der Waals surface area contributed by atoms with E-state index in [4.69, 9.17) is 9.47 Å². The number of amides is 1. The molecule has 0 aromatic carbocycles. The first-order valence-electron chi connectivity index (χ1n) is 11.2. The number of Topliss-reactive ketones (excluding diaryl/α,β-unsaturated/α-hetero) is 1. The van der Waals surface area contributed by atoms with Gasteiger partial charge in [0.1, 0.15) is 12.2 Å². The van der Waals surface area contributed by atoms with Crippen molar-refractivity contribution in [3.05, 3.63) is 34.4 Å².